The normalized spacial score (nSPS) is 11.9. The number of rotatable bonds is 53. The van der Waals surface area contributed by atoms with Gasteiger partial charge in [-0.05, 0) is 82.0 Å². The Labute approximate surface area is 482 Å². The molecule has 0 aromatic rings. The molecule has 0 bridgehead atoms. The minimum atomic E-state index is -1.35. The van der Waals surface area contributed by atoms with E-state index in [-0.39, 0.29) is 131 Å². The third-order valence-corrected chi connectivity index (χ3v) is 12.2. The van der Waals surface area contributed by atoms with Crippen LogP contribution in [0.25, 0.3) is 0 Å². The van der Waals surface area contributed by atoms with E-state index in [4.69, 9.17) is 33.2 Å². The molecule has 0 unspecified atom stereocenters. The van der Waals surface area contributed by atoms with Crippen molar-refractivity contribution in [1.82, 2.24) is 37.2 Å². The molecule has 80 heavy (non-hydrogen) atoms. The summed E-state index contributed by atoms with van der Waals surface area (Å²) >= 11 is 0. The van der Waals surface area contributed by atoms with Gasteiger partial charge in [0.05, 0.1) is 85.4 Å². The van der Waals surface area contributed by atoms with Crippen LogP contribution >= 0.6 is 0 Å². The Morgan fingerprint density at radius 2 is 0.675 bits per heavy atom. The Morgan fingerprint density at radius 3 is 1.01 bits per heavy atom. The van der Waals surface area contributed by atoms with Crippen LogP contribution in [0.5, 0.6) is 0 Å². The molecule has 0 heterocycles. The molecule has 21 heteroatoms. The van der Waals surface area contributed by atoms with Crippen molar-refractivity contribution in [3.8, 4) is 0 Å². The van der Waals surface area contributed by atoms with Gasteiger partial charge in [0.2, 0.25) is 41.4 Å². The van der Waals surface area contributed by atoms with E-state index in [0.29, 0.717) is 110 Å². The van der Waals surface area contributed by atoms with E-state index in [1.54, 1.807) is 0 Å². The maximum atomic E-state index is 13.6. The summed E-state index contributed by atoms with van der Waals surface area (Å²) in [6, 6.07) is 0. The Hall–Kier alpha value is -3.99. The van der Waals surface area contributed by atoms with Crippen molar-refractivity contribution in [2.45, 2.75) is 196 Å². The van der Waals surface area contributed by atoms with E-state index < -0.39 is 11.4 Å². The van der Waals surface area contributed by atoms with Crippen LogP contribution < -0.4 is 37.2 Å². The Bertz CT molecular complexity index is 1580. The van der Waals surface area contributed by atoms with Crippen molar-refractivity contribution in [3.05, 3.63) is 0 Å². The average Bonchev–Trinajstić information content (AvgIpc) is 3.37. The maximum absolute atomic E-state index is 13.6. The van der Waals surface area contributed by atoms with E-state index in [0.717, 1.165) is 57.8 Å². The SMILES string of the molecule is CC(C)CCCCC(=O)NCCCNC(=O)CCOCC(COCCC(=O)NCCCNC(=O)CCCCC(C)(C)C)(COCCC(=O)NCCCNC(=O)CCCCC(C)(C)C)NC(=O)COCCOCCOCCOC(C)C. The number of hydrogen-bond acceptors (Lipinski definition) is 14. The van der Waals surface area contributed by atoms with Crippen LogP contribution in [0.4, 0.5) is 0 Å². The van der Waals surface area contributed by atoms with Gasteiger partial charge in [-0.1, -0.05) is 81.1 Å². The third-order valence-electron chi connectivity index (χ3n) is 12.2. The predicted molar refractivity (Wildman–Crippen MR) is 312 cm³/mol. The number of hydrogen-bond donors (Lipinski definition) is 7. The van der Waals surface area contributed by atoms with Crippen LogP contribution in [0.1, 0.15) is 185 Å². The molecule has 7 N–H and O–H groups in total. The van der Waals surface area contributed by atoms with E-state index in [1.165, 1.54) is 0 Å². The number of carbonyl (C=O) groups is 7. The molecule has 0 saturated heterocycles. The summed E-state index contributed by atoms with van der Waals surface area (Å²) in [5.41, 5.74) is -0.872. The van der Waals surface area contributed by atoms with Crippen LogP contribution in [0.2, 0.25) is 0 Å². The van der Waals surface area contributed by atoms with Crippen molar-refractivity contribution in [3.63, 3.8) is 0 Å². The lowest BCUT2D eigenvalue weighted by atomic mass is 9.89. The van der Waals surface area contributed by atoms with Crippen LogP contribution in [-0.4, -0.2) is 178 Å². The fourth-order valence-electron chi connectivity index (χ4n) is 7.69. The van der Waals surface area contributed by atoms with Crippen molar-refractivity contribution in [1.29, 1.82) is 0 Å². The van der Waals surface area contributed by atoms with Gasteiger partial charge in [-0.3, -0.25) is 33.6 Å². The zero-order valence-electron chi connectivity index (χ0n) is 51.5. The zero-order valence-corrected chi connectivity index (χ0v) is 51.5. The highest BCUT2D eigenvalue weighted by Crippen LogP contribution is 2.23. The Morgan fingerprint density at radius 1 is 0.350 bits per heavy atom. The molecular weight excluding hydrogens is 1030 g/mol. The van der Waals surface area contributed by atoms with Crippen LogP contribution in [0.3, 0.4) is 0 Å². The van der Waals surface area contributed by atoms with Gasteiger partial charge < -0.3 is 70.4 Å². The highest BCUT2D eigenvalue weighted by Gasteiger charge is 2.34. The number of carbonyl (C=O) groups excluding carboxylic acids is 7. The van der Waals surface area contributed by atoms with Crippen molar-refractivity contribution in [2.75, 3.05) is 125 Å². The van der Waals surface area contributed by atoms with E-state index in [1.807, 2.05) is 13.8 Å². The van der Waals surface area contributed by atoms with Crippen molar-refractivity contribution in [2.24, 2.45) is 16.7 Å². The van der Waals surface area contributed by atoms with Gasteiger partial charge in [-0.25, -0.2) is 0 Å². The lowest BCUT2D eigenvalue weighted by Crippen LogP contribution is -2.59. The first-order chi connectivity index (χ1) is 38.0. The molecule has 0 rings (SSSR count). The predicted octanol–water partition coefficient (Wildman–Crippen LogP) is 5.83. The van der Waals surface area contributed by atoms with Crippen LogP contribution in [0.15, 0.2) is 0 Å². The topological polar surface area (TPSA) is 268 Å². The standard InChI is InChI=1S/C59H113N7O14/c1-48(2)20-11-12-21-50(67)60-29-17-32-63-53(70)24-35-77-45-59(66-56(73)44-76-41-40-74-38-39-75-42-43-80-49(3)4,46-78-36-25-54(71)64-33-18-30-61-51(68)22-13-15-27-57(5,6)7)47-79-37-26-55(72)65-34-19-31-62-52(69)23-14-16-28-58(8,9)10/h48-49H,11-47H2,1-10H3,(H,60,67)(H,61,68)(H,62,69)(H,63,70)(H,64,71)(H,65,72)(H,66,73). The molecular formula is C59H113N7O14. The highest BCUT2D eigenvalue weighted by molar-refractivity contribution is 5.79. The Kier molecular flexibility index (Phi) is 46.1. The lowest BCUT2D eigenvalue weighted by Gasteiger charge is -2.34. The van der Waals surface area contributed by atoms with Gasteiger partial charge >= 0.3 is 0 Å². The van der Waals surface area contributed by atoms with E-state index in [9.17, 15) is 33.6 Å². The van der Waals surface area contributed by atoms with Gasteiger partial charge in [0, 0.05) is 77.8 Å². The zero-order chi connectivity index (χ0) is 59.8. The van der Waals surface area contributed by atoms with E-state index in [2.05, 4.69) is 92.6 Å². The summed E-state index contributed by atoms with van der Waals surface area (Å²) in [5.74, 6) is -0.675. The second-order valence-corrected chi connectivity index (χ2v) is 23.8. The first-order valence-electron chi connectivity index (χ1n) is 30.0. The van der Waals surface area contributed by atoms with Crippen LogP contribution in [-0.2, 0) is 66.7 Å². The minimum absolute atomic E-state index is 0.00206. The molecule has 0 radical (unpaired) electrons. The molecule has 0 fully saturated rings. The van der Waals surface area contributed by atoms with Gasteiger partial charge in [0.25, 0.3) is 0 Å². The quantitative estimate of drug-likeness (QED) is 0.0353. The molecule has 21 nitrogen and oxygen atoms in total. The molecule has 0 aliphatic rings. The minimum Gasteiger partial charge on any atom is -0.378 e. The van der Waals surface area contributed by atoms with Gasteiger partial charge in [0.1, 0.15) is 12.1 Å². The monoisotopic (exact) mass is 1140 g/mol. The lowest BCUT2D eigenvalue weighted by molar-refractivity contribution is -0.134. The summed E-state index contributed by atoms with van der Waals surface area (Å²) in [7, 11) is 0. The first-order valence-corrected chi connectivity index (χ1v) is 30.0. The second kappa shape index (κ2) is 48.5. The third kappa shape index (κ3) is 53.3. The average molecular weight is 1140 g/mol. The fourth-order valence-corrected chi connectivity index (χ4v) is 7.69. The maximum Gasteiger partial charge on any atom is 0.246 e. The summed E-state index contributed by atoms with van der Waals surface area (Å²) in [6.45, 7) is 24.9. The largest absolute Gasteiger partial charge is 0.378 e. The molecule has 7 amide bonds. The van der Waals surface area contributed by atoms with E-state index >= 15 is 0 Å². The van der Waals surface area contributed by atoms with Crippen molar-refractivity contribution < 1.29 is 66.7 Å². The second-order valence-electron chi connectivity index (χ2n) is 23.8. The number of nitrogens with one attached hydrogen (secondary N) is 7. The molecule has 0 aliphatic heterocycles. The summed E-state index contributed by atoms with van der Waals surface area (Å²) < 4.78 is 40.3. The summed E-state index contributed by atoms with van der Waals surface area (Å²) in [5, 5.41) is 20.2. The molecule has 0 spiro atoms. The highest BCUT2D eigenvalue weighted by atomic mass is 16.6. The molecule has 0 aromatic carbocycles. The van der Waals surface area contributed by atoms with Crippen molar-refractivity contribution >= 4 is 41.4 Å². The number of unbranched alkanes of at least 4 members (excludes halogenated alkanes) is 3. The van der Waals surface area contributed by atoms with Gasteiger partial charge in [-0.2, -0.15) is 0 Å². The first kappa shape index (κ1) is 76.0. The molecule has 0 aromatic heterocycles. The molecule has 0 atom stereocenters. The summed E-state index contributed by atoms with van der Waals surface area (Å²) in [6.07, 6.45) is 12.0. The van der Waals surface area contributed by atoms with Gasteiger partial charge in [-0.15, -0.1) is 0 Å². The van der Waals surface area contributed by atoms with Crippen LogP contribution in [0, 0.1) is 16.7 Å². The van der Waals surface area contributed by atoms with Gasteiger partial charge in [0.15, 0.2) is 0 Å². The molecule has 468 valence electrons. The smallest absolute Gasteiger partial charge is 0.246 e. The molecule has 0 aliphatic carbocycles. The number of ether oxygens (including phenoxy) is 7. The number of amides is 7. The molecule has 0 saturated carbocycles. The fraction of sp³-hybridized carbons (Fsp3) is 0.881. The Balaban J connectivity index is 5.58. The summed E-state index contributed by atoms with van der Waals surface area (Å²) in [4.78, 5) is 88.7.